The number of thioether (sulfide) groups is 1. The fraction of sp³-hybridized carbons (Fsp3) is 0.267. The summed E-state index contributed by atoms with van der Waals surface area (Å²) in [6, 6.07) is 9.82. The van der Waals surface area contributed by atoms with E-state index in [2.05, 4.69) is 25.7 Å². The third-order valence-electron chi connectivity index (χ3n) is 3.16. The number of hydrogen-bond donors (Lipinski definition) is 1. The Labute approximate surface area is 147 Å². The summed E-state index contributed by atoms with van der Waals surface area (Å²) in [7, 11) is 0. The molecule has 0 bridgehead atoms. The van der Waals surface area contributed by atoms with Gasteiger partial charge in [0.25, 0.3) is 0 Å². The van der Waals surface area contributed by atoms with Gasteiger partial charge in [-0.25, -0.2) is 0 Å². The average Bonchev–Trinajstić information content (AvgIpc) is 3.20. The molecule has 0 saturated carbocycles. The van der Waals surface area contributed by atoms with Crippen molar-refractivity contribution in [2.45, 2.75) is 25.4 Å². The number of rotatable bonds is 6. The minimum Gasteiger partial charge on any atom is -0.300 e. The van der Waals surface area contributed by atoms with Gasteiger partial charge < -0.3 is 0 Å². The fourth-order valence-corrected chi connectivity index (χ4v) is 3.54. The van der Waals surface area contributed by atoms with Gasteiger partial charge in [0.2, 0.25) is 11.0 Å². The highest BCUT2D eigenvalue weighted by Crippen LogP contribution is 2.22. The van der Waals surface area contributed by atoms with Crippen LogP contribution in [-0.4, -0.2) is 36.6 Å². The van der Waals surface area contributed by atoms with Crippen molar-refractivity contribution in [3.8, 4) is 5.69 Å². The number of aromatic nitrogens is 5. The minimum absolute atomic E-state index is 0.140. The Hall–Kier alpha value is -2.26. The molecule has 2 aromatic heterocycles. The highest BCUT2D eigenvalue weighted by molar-refractivity contribution is 7.99. The molecule has 124 valence electrons. The van der Waals surface area contributed by atoms with Gasteiger partial charge in [-0.3, -0.25) is 14.7 Å². The van der Waals surface area contributed by atoms with E-state index in [1.54, 1.807) is 0 Å². The molecule has 0 aliphatic carbocycles. The number of nitrogens with one attached hydrogen (secondary N) is 1. The molecule has 2 heterocycles. The molecule has 3 aromatic rings. The van der Waals surface area contributed by atoms with Crippen LogP contribution in [0.5, 0.6) is 0 Å². The molecule has 1 aromatic carbocycles. The van der Waals surface area contributed by atoms with Crippen molar-refractivity contribution in [1.82, 2.24) is 25.0 Å². The number of nitrogens with zero attached hydrogens (tertiary/aromatic N) is 5. The standard InChI is InChI=1S/C15H16N6OS2/c1-3-13-18-19-14(24-13)16-12(22)9-23-15-20-17-10(2)21(15)11-7-5-4-6-8-11/h4-8H,3,9H2,1-2H3,(H,16,19,22). The number of benzene rings is 1. The number of hydrogen-bond acceptors (Lipinski definition) is 7. The molecule has 0 unspecified atom stereocenters. The van der Waals surface area contributed by atoms with Crippen LogP contribution in [0.2, 0.25) is 0 Å². The molecular formula is C15H16N6OS2. The highest BCUT2D eigenvalue weighted by atomic mass is 32.2. The van der Waals surface area contributed by atoms with E-state index >= 15 is 0 Å². The summed E-state index contributed by atoms with van der Waals surface area (Å²) in [6.45, 7) is 3.89. The zero-order chi connectivity index (χ0) is 16.9. The van der Waals surface area contributed by atoms with Gasteiger partial charge in [-0.15, -0.1) is 20.4 Å². The Kier molecular flexibility index (Phi) is 5.21. The first-order valence-electron chi connectivity index (χ1n) is 7.40. The lowest BCUT2D eigenvalue weighted by atomic mass is 10.3. The van der Waals surface area contributed by atoms with Crippen molar-refractivity contribution in [2.75, 3.05) is 11.1 Å². The number of aryl methyl sites for hydroxylation is 2. The van der Waals surface area contributed by atoms with Crippen molar-refractivity contribution in [2.24, 2.45) is 0 Å². The second kappa shape index (κ2) is 7.54. The molecule has 0 radical (unpaired) electrons. The monoisotopic (exact) mass is 360 g/mol. The Balaban J connectivity index is 1.66. The molecule has 0 saturated heterocycles. The summed E-state index contributed by atoms with van der Waals surface area (Å²) in [5, 5.41) is 21.1. The van der Waals surface area contributed by atoms with Crippen molar-refractivity contribution in [1.29, 1.82) is 0 Å². The molecule has 7 nitrogen and oxygen atoms in total. The molecule has 24 heavy (non-hydrogen) atoms. The van der Waals surface area contributed by atoms with E-state index in [-0.39, 0.29) is 11.7 Å². The van der Waals surface area contributed by atoms with Crippen molar-refractivity contribution < 1.29 is 4.79 Å². The quantitative estimate of drug-likeness (QED) is 0.680. The first-order chi connectivity index (χ1) is 11.7. The number of amides is 1. The van der Waals surface area contributed by atoms with E-state index in [1.165, 1.54) is 23.1 Å². The second-order valence-corrected chi connectivity index (χ2v) is 6.90. The average molecular weight is 360 g/mol. The first kappa shape index (κ1) is 16.6. The Morgan fingerprint density at radius 1 is 1.21 bits per heavy atom. The van der Waals surface area contributed by atoms with Gasteiger partial charge in [0.1, 0.15) is 10.8 Å². The molecule has 0 aliphatic heterocycles. The second-order valence-electron chi connectivity index (χ2n) is 4.89. The van der Waals surface area contributed by atoms with E-state index in [0.717, 1.165) is 22.9 Å². The van der Waals surface area contributed by atoms with Crippen LogP contribution >= 0.6 is 23.1 Å². The van der Waals surface area contributed by atoms with E-state index in [4.69, 9.17) is 0 Å². The molecular weight excluding hydrogens is 344 g/mol. The smallest absolute Gasteiger partial charge is 0.236 e. The third-order valence-corrected chi connectivity index (χ3v) is 5.07. The number of anilines is 1. The van der Waals surface area contributed by atoms with Gasteiger partial charge in [-0.1, -0.05) is 48.2 Å². The van der Waals surface area contributed by atoms with E-state index in [1.807, 2.05) is 48.7 Å². The van der Waals surface area contributed by atoms with Crippen LogP contribution in [0.1, 0.15) is 17.8 Å². The molecule has 9 heteroatoms. The Bertz CT molecular complexity index is 830. The maximum Gasteiger partial charge on any atom is 0.236 e. The van der Waals surface area contributed by atoms with Crippen LogP contribution < -0.4 is 5.32 Å². The fourth-order valence-electron chi connectivity index (χ4n) is 2.04. The topological polar surface area (TPSA) is 85.6 Å². The van der Waals surface area contributed by atoms with E-state index in [0.29, 0.717) is 10.3 Å². The maximum atomic E-state index is 12.1. The van der Waals surface area contributed by atoms with Crippen LogP contribution in [0.4, 0.5) is 5.13 Å². The summed E-state index contributed by atoms with van der Waals surface area (Å²) in [6.07, 6.45) is 0.807. The summed E-state index contributed by atoms with van der Waals surface area (Å²) < 4.78 is 1.93. The lowest BCUT2D eigenvalue weighted by Crippen LogP contribution is -2.14. The zero-order valence-electron chi connectivity index (χ0n) is 13.3. The molecule has 1 N–H and O–H groups in total. The zero-order valence-corrected chi connectivity index (χ0v) is 14.9. The van der Waals surface area contributed by atoms with Crippen LogP contribution in [0.3, 0.4) is 0 Å². The van der Waals surface area contributed by atoms with Gasteiger partial charge in [0.05, 0.1) is 5.75 Å². The Morgan fingerprint density at radius 2 is 2.00 bits per heavy atom. The summed E-state index contributed by atoms with van der Waals surface area (Å²) in [4.78, 5) is 12.1. The predicted molar refractivity (Wildman–Crippen MR) is 94.7 cm³/mol. The molecule has 0 fully saturated rings. The number of carbonyl (C=O) groups is 1. The van der Waals surface area contributed by atoms with Crippen molar-refractivity contribution >= 4 is 34.1 Å². The van der Waals surface area contributed by atoms with Gasteiger partial charge in [-0.05, 0) is 25.5 Å². The van der Waals surface area contributed by atoms with Gasteiger partial charge >= 0.3 is 0 Å². The predicted octanol–water partition coefficient (Wildman–Crippen LogP) is 2.72. The molecule has 1 amide bonds. The van der Waals surface area contributed by atoms with Crippen LogP contribution in [0.15, 0.2) is 35.5 Å². The number of carbonyl (C=O) groups excluding carboxylic acids is 1. The van der Waals surface area contributed by atoms with E-state index in [9.17, 15) is 4.79 Å². The molecule has 0 atom stereocenters. The lowest BCUT2D eigenvalue weighted by molar-refractivity contribution is -0.113. The van der Waals surface area contributed by atoms with Crippen LogP contribution in [0, 0.1) is 6.92 Å². The summed E-state index contributed by atoms with van der Waals surface area (Å²) in [5.74, 6) is 0.867. The summed E-state index contributed by atoms with van der Waals surface area (Å²) >= 11 is 2.73. The lowest BCUT2D eigenvalue weighted by Gasteiger charge is -2.07. The maximum absolute atomic E-state index is 12.1. The van der Waals surface area contributed by atoms with Crippen LogP contribution in [0.25, 0.3) is 5.69 Å². The first-order valence-corrected chi connectivity index (χ1v) is 9.20. The summed E-state index contributed by atoms with van der Waals surface area (Å²) in [5.41, 5.74) is 0.972. The van der Waals surface area contributed by atoms with Crippen molar-refractivity contribution in [3.63, 3.8) is 0 Å². The van der Waals surface area contributed by atoms with Gasteiger partial charge in [0.15, 0.2) is 5.16 Å². The molecule has 3 rings (SSSR count). The molecule has 0 spiro atoms. The normalized spacial score (nSPS) is 10.8. The largest absolute Gasteiger partial charge is 0.300 e. The number of para-hydroxylation sites is 1. The van der Waals surface area contributed by atoms with E-state index < -0.39 is 0 Å². The SMILES string of the molecule is CCc1nnc(NC(=O)CSc2nnc(C)n2-c2ccccc2)s1. The molecule has 0 aliphatic rings. The third kappa shape index (κ3) is 3.80. The van der Waals surface area contributed by atoms with Gasteiger partial charge in [0, 0.05) is 5.69 Å². The highest BCUT2D eigenvalue weighted by Gasteiger charge is 2.14. The van der Waals surface area contributed by atoms with Crippen molar-refractivity contribution in [3.05, 3.63) is 41.2 Å². The van der Waals surface area contributed by atoms with Crippen LogP contribution in [-0.2, 0) is 11.2 Å². The minimum atomic E-state index is -0.140. The Morgan fingerprint density at radius 3 is 2.71 bits per heavy atom. The van der Waals surface area contributed by atoms with Gasteiger partial charge in [-0.2, -0.15) is 0 Å².